The SMILES string of the molecule is C#CCCCCNCC(O)COc1cccc(CC)c1. The van der Waals surface area contributed by atoms with Crippen molar-refractivity contribution in [2.75, 3.05) is 19.7 Å². The number of terminal acetylenes is 1. The first-order valence-electron chi connectivity index (χ1n) is 7.30. The molecule has 1 aromatic carbocycles. The van der Waals surface area contributed by atoms with E-state index in [1.54, 1.807) is 0 Å². The molecule has 0 aliphatic rings. The molecule has 0 spiro atoms. The lowest BCUT2D eigenvalue weighted by Crippen LogP contribution is -2.32. The van der Waals surface area contributed by atoms with Gasteiger partial charge in [-0.25, -0.2) is 0 Å². The normalized spacial score (nSPS) is 11.8. The van der Waals surface area contributed by atoms with Crippen LogP contribution in [0.15, 0.2) is 24.3 Å². The number of nitrogens with one attached hydrogen (secondary N) is 1. The Morgan fingerprint density at radius 1 is 1.40 bits per heavy atom. The molecule has 2 N–H and O–H groups in total. The molecule has 1 atom stereocenters. The van der Waals surface area contributed by atoms with Gasteiger partial charge in [0.15, 0.2) is 0 Å². The zero-order valence-electron chi connectivity index (χ0n) is 12.3. The van der Waals surface area contributed by atoms with Gasteiger partial charge < -0.3 is 15.2 Å². The lowest BCUT2D eigenvalue weighted by Gasteiger charge is -2.13. The van der Waals surface area contributed by atoms with Gasteiger partial charge in [-0.3, -0.25) is 0 Å². The molecule has 0 amide bonds. The smallest absolute Gasteiger partial charge is 0.119 e. The summed E-state index contributed by atoms with van der Waals surface area (Å²) in [5.41, 5.74) is 1.24. The molecule has 0 aliphatic heterocycles. The Morgan fingerprint density at radius 2 is 2.25 bits per heavy atom. The number of aliphatic hydroxyl groups is 1. The molecule has 0 fully saturated rings. The van der Waals surface area contributed by atoms with Gasteiger partial charge in [-0.2, -0.15) is 0 Å². The molecule has 3 heteroatoms. The fourth-order valence-electron chi connectivity index (χ4n) is 1.85. The van der Waals surface area contributed by atoms with Gasteiger partial charge in [0, 0.05) is 13.0 Å². The highest BCUT2D eigenvalue weighted by Crippen LogP contribution is 2.13. The Morgan fingerprint density at radius 3 is 3.00 bits per heavy atom. The fourth-order valence-corrected chi connectivity index (χ4v) is 1.85. The van der Waals surface area contributed by atoms with Gasteiger partial charge in [0.2, 0.25) is 0 Å². The van der Waals surface area contributed by atoms with Crippen molar-refractivity contribution in [2.45, 2.75) is 38.7 Å². The van der Waals surface area contributed by atoms with Crippen LogP contribution in [0.5, 0.6) is 5.75 Å². The number of ether oxygens (including phenoxy) is 1. The molecule has 0 aromatic heterocycles. The van der Waals surface area contributed by atoms with Crippen molar-refractivity contribution >= 4 is 0 Å². The van der Waals surface area contributed by atoms with E-state index in [1.165, 1.54) is 5.56 Å². The summed E-state index contributed by atoms with van der Waals surface area (Å²) in [6, 6.07) is 7.98. The quantitative estimate of drug-likeness (QED) is 0.509. The van der Waals surface area contributed by atoms with Gasteiger partial charge in [-0.15, -0.1) is 12.3 Å². The first kappa shape index (κ1) is 16.6. The summed E-state index contributed by atoms with van der Waals surface area (Å²) in [7, 11) is 0. The maximum atomic E-state index is 9.82. The number of rotatable bonds is 10. The molecule has 0 bridgehead atoms. The van der Waals surface area contributed by atoms with Gasteiger partial charge in [-0.05, 0) is 43.5 Å². The standard InChI is InChI=1S/C17H25NO2/c1-3-5-6-7-11-18-13-16(19)14-20-17-10-8-9-15(4-2)12-17/h1,8-10,12,16,18-19H,4-7,11,13-14H2,2H3. The molecule has 1 rings (SSSR count). The summed E-state index contributed by atoms with van der Waals surface area (Å²) < 4.78 is 5.59. The third-order valence-electron chi connectivity index (χ3n) is 3.05. The van der Waals surface area contributed by atoms with E-state index in [-0.39, 0.29) is 0 Å². The highest BCUT2D eigenvalue weighted by Gasteiger charge is 2.04. The molecule has 1 unspecified atom stereocenters. The van der Waals surface area contributed by atoms with Crippen molar-refractivity contribution in [1.82, 2.24) is 5.32 Å². The highest BCUT2D eigenvalue weighted by molar-refractivity contribution is 5.28. The third kappa shape index (κ3) is 7.18. The average Bonchev–Trinajstić information content (AvgIpc) is 2.49. The van der Waals surface area contributed by atoms with E-state index in [0.29, 0.717) is 13.2 Å². The molecule has 0 saturated heterocycles. The molecule has 110 valence electrons. The minimum absolute atomic E-state index is 0.310. The average molecular weight is 275 g/mol. The van der Waals surface area contributed by atoms with Crippen LogP contribution in [-0.4, -0.2) is 30.9 Å². The van der Waals surface area contributed by atoms with Crippen LogP contribution in [0.3, 0.4) is 0 Å². The number of unbranched alkanes of at least 4 members (excludes halogenated alkanes) is 2. The molecule has 1 aromatic rings. The van der Waals surface area contributed by atoms with Crippen LogP contribution in [0.1, 0.15) is 31.7 Å². The lowest BCUT2D eigenvalue weighted by atomic mass is 10.2. The van der Waals surface area contributed by atoms with Crippen molar-refractivity contribution in [2.24, 2.45) is 0 Å². The zero-order chi connectivity index (χ0) is 14.6. The number of aryl methyl sites for hydroxylation is 1. The second-order valence-corrected chi connectivity index (χ2v) is 4.83. The molecule has 20 heavy (non-hydrogen) atoms. The van der Waals surface area contributed by atoms with Gasteiger partial charge in [0.05, 0.1) is 0 Å². The first-order valence-corrected chi connectivity index (χ1v) is 7.30. The van der Waals surface area contributed by atoms with E-state index < -0.39 is 6.10 Å². The molecular weight excluding hydrogens is 250 g/mol. The third-order valence-corrected chi connectivity index (χ3v) is 3.05. The van der Waals surface area contributed by atoms with E-state index in [9.17, 15) is 5.11 Å². The number of benzene rings is 1. The molecule has 0 heterocycles. The molecule has 0 saturated carbocycles. The maximum Gasteiger partial charge on any atom is 0.119 e. The topological polar surface area (TPSA) is 41.5 Å². The molecule has 0 radical (unpaired) electrons. The Hall–Kier alpha value is -1.50. The first-order chi connectivity index (χ1) is 9.76. The van der Waals surface area contributed by atoms with Crippen molar-refractivity contribution in [3.05, 3.63) is 29.8 Å². The summed E-state index contributed by atoms with van der Waals surface area (Å²) >= 11 is 0. The van der Waals surface area contributed by atoms with Crippen LogP contribution < -0.4 is 10.1 Å². The van der Waals surface area contributed by atoms with E-state index in [1.807, 2.05) is 18.2 Å². The Bertz CT molecular complexity index is 412. The fraction of sp³-hybridized carbons (Fsp3) is 0.529. The predicted molar refractivity (Wildman–Crippen MR) is 82.9 cm³/mol. The van der Waals surface area contributed by atoms with Crippen LogP contribution >= 0.6 is 0 Å². The van der Waals surface area contributed by atoms with Crippen LogP contribution in [0, 0.1) is 12.3 Å². The van der Waals surface area contributed by atoms with Gasteiger partial charge in [-0.1, -0.05) is 19.1 Å². The second kappa shape index (κ2) is 10.3. The Labute approximate surface area is 122 Å². The van der Waals surface area contributed by atoms with Crippen LogP contribution in [0.25, 0.3) is 0 Å². The predicted octanol–water partition coefficient (Wildman–Crippen LogP) is 2.38. The largest absolute Gasteiger partial charge is 0.491 e. The van der Waals surface area contributed by atoms with Crippen molar-refractivity contribution in [3.8, 4) is 18.1 Å². The summed E-state index contributed by atoms with van der Waals surface area (Å²) in [5, 5.41) is 13.0. The van der Waals surface area contributed by atoms with Gasteiger partial charge >= 0.3 is 0 Å². The number of hydrogen-bond donors (Lipinski definition) is 2. The highest BCUT2D eigenvalue weighted by atomic mass is 16.5. The number of hydrogen-bond acceptors (Lipinski definition) is 3. The minimum Gasteiger partial charge on any atom is -0.491 e. The van der Waals surface area contributed by atoms with Gasteiger partial charge in [0.1, 0.15) is 18.5 Å². The van der Waals surface area contributed by atoms with Crippen LogP contribution in [-0.2, 0) is 6.42 Å². The summed E-state index contributed by atoms with van der Waals surface area (Å²) in [6.45, 7) is 3.84. The molecule has 0 aliphatic carbocycles. The minimum atomic E-state index is -0.493. The van der Waals surface area contributed by atoms with E-state index in [2.05, 4.69) is 24.2 Å². The van der Waals surface area contributed by atoms with E-state index in [0.717, 1.165) is 38.0 Å². The van der Waals surface area contributed by atoms with Crippen molar-refractivity contribution < 1.29 is 9.84 Å². The van der Waals surface area contributed by atoms with Crippen molar-refractivity contribution in [1.29, 1.82) is 0 Å². The second-order valence-electron chi connectivity index (χ2n) is 4.83. The summed E-state index contributed by atoms with van der Waals surface area (Å²) in [4.78, 5) is 0. The monoisotopic (exact) mass is 275 g/mol. The van der Waals surface area contributed by atoms with E-state index >= 15 is 0 Å². The lowest BCUT2D eigenvalue weighted by molar-refractivity contribution is 0.106. The molecule has 3 nitrogen and oxygen atoms in total. The Balaban J connectivity index is 2.13. The summed E-state index contributed by atoms with van der Waals surface area (Å²) in [5.74, 6) is 3.44. The number of aliphatic hydroxyl groups excluding tert-OH is 1. The van der Waals surface area contributed by atoms with E-state index in [4.69, 9.17) is 11.2 Å². The van der Waals surface area contributed by atoms with Crippen LogP contribution in [0.4, 0.5) is 0 Å². The molecular formula is C17H25NO2. The maximum absolute atomic E-state index is 9.82. The zero-order valence-corrected chi connectivity index (χ0v) is 12.3. The van der Waals surface area contributed by atoms with Crippen LogP contribution in [0.2, 0.25) is 0 Å². The summed E-state index contributed by atoms with van der Waals surface area (Å²) in [6.07, 6.45) is 8.56. The Kier molecular flexibility index (Phi) is 8.53. The van der Waals surface area contributed by atoms with Crippen molar-refractivity contribution in [3.63, 3.8) is 0 Å². The van der Waals surface area contributed by atoms with Gasteiger partial charge in [0.25, 0.3) is 0 Å².